The predicted molar refractivity (Wildman–Crippen MR) is 52.5 cm³/mol. The van der Waals surface area contributed by atoms with Crippen LogP contribution in [0.1, 0.15) is 46.5 Å². The first-order valence-electron chi connectivity index (χ1n) is 5.15. The van der Waals surface area contributed by atoms with Crippen molar-refractivity contribution in [1.82, 2.24) is 0 Å². The topological polar surface area (TPSA) is 37.3 Å². The van der Waals surface area contributed by atoms with E-state index in [1.165, 1.54) is 6.42 Å². The molecule has 0 radical (unpaired) electrons. The van der Waals surface area contributed by atoms with Gasteiger partial charge in [0.25, 0.3) is 0 Å². The van der Waals surface area contributed by atoms with Crippen LogP contribution in [0.4, 0.5) is 0 Å². The average molecular weight is 184 g/mol. The van der Waals surface area contributed by atoms with Crippen LogP contribution >= 0.6 is 0 Å². The number of aliphatic carboxylic acids is 1. The molecule has 0 saturated heterocycles. The van der Waals surface area contributed by atoms with E-state index in [-0.39, 0.29) is 5.41 Å². The normalized spacial score (nSPS) is 40.2. The second-order valence-corrected chi connectivity index (χ2v) is 5.08. The maximum Gasteiger partial charge on any atom is 0.303 e. The van der Waals surface area contributed by atoms with Crippen LogP contribution in [0.25, 0.3) is 0 Å². The molecule has 76 valence electrons. The first-order valence-corrected chi connectivity index (χ1v) is 5.15. The second kappa shape index (κ2) is 3.69. The van der Waals surface area contributed by atoms with Crippen LogP contribution in [-0.4, -0.2) is 11.1 Å². The van der Waals surface area contributed by atoms with Gasteiger partial charge in [-0.1, -0.05) is 20.8 Å². The largest absolute Gasteiger partial charge is 0.481 e. The lowest BCUT2D eigenvalue weighted by atomic mass is 9.66. The molecular weight excluding hydrogens is 164 g/mol. The summed E-state index contributed by atoms with van der Waals surface area (Å²) in [7, 11) is 0. The Balaban J connectivity index is 2.56. The van der Waals surface area contributed by atoms with Crippen molar-refractivity contribution in [2.24, 2.45) is 17.3 Å². The van der Waals surface area contributed by atoms with Gasteiger partial charge in [0.2, 0.25) is 0 Å². The van der Waals surface area contributed by atoms with Crippen molar-refractivity contribution in [3.05, 3.63) is 0 Å². The fraction of sp³-hybridized carbons (Fsp3) is 0.909. The lowest BCUT2D eigenvalue weighted by molar-refractivity contribution is -0.140. The minimum Gasteiger partial charge on any atom is -0.481 e. The molecule has 1 saturated carbocycles. The number of carboxylic acid groups (broad SMARTS) is 1. The molecule has 0 aliphatic heterocycles. The third kappa shape index (κ3) is 2.71. The molecule has 0 aromatic carbocycles. The Kier molecular flexibility index (Phi) is 2.99. The van der Waals surface area contributed by atoms with Crippen LogP contribution in [0, 0.1) is 17.3 Å². The first kappa shape index (κ1) is 10.6. The van der Waals surface area contributed by atoms with Gasteiger partial charge in [-0.25, -0.2) is 0 Å². The van der Waals surface area contributed by atoms with E-state index in [2.05, 4.69) is 20.8 Å². The smallest absolute Gasteiger partial charge is 0.303 e. The van der Waals surface area contributed by atoms with E-state index in [0.717, 1.165) is 18.8 Å². The highest BCUT2D eigenvalue weighted by molar-refractivity contribution is 5.67. The van der Waals surface area contributed by atoms with Gasteiger partial charge >= 0.3 is 5.97 Å². The summed E-state index contributed by atoms with van der Waals surface area (Å²) in [6.45, 7) is 6.62. The zero-order valence-electron chi connectivity index (χ0n) is 8.84. The molecule has 13 heavy (non-hydrogen) atoms. The van der Waals surface area contributed by atoms with Gasteiger partial charge < -0.3 is 5.11 Å². The molecule has 1 rings (SSSR count). The van der Waals surface area contributed by atoms with Crippen molar-refractivity contribution in [3.8, 4) is 0 Å². The fourth-order valence-corrected chi connectivity index (χ4v) is 2.47. The SMILES string of the molecule is CC1C[C@@](C)(CC(=O)O)CC[C@H]1C. The molecule has 0 spiro atoms. The molecule has 1 unspecified atom stereocenters. The molecular formula is C11H20O2. The molecule has 2 nitrogen and oxygen atoms in total. The maximum absolute atomic E-state index is 10.7. The minimum atomic E-state index is -0.649. The summed E-state index contributed by atoms with van der Waals surface area (Å²) >= 11 is 0. The molecule has 1 aliphatic carbocycles. The van der Waals surface area contributed by atoms with Gasteiger partial charge in [0.1, 0.15) is 0 Å². The molecule has 0 aromatic rings. The molecule has 0 bridgehead atoms. The third-order valence-corrected chi connectivity index (χ3v) is 3.57. The highest BCUT2D eigenvalue weighted by Gasteiger charge is 2.35. The highest BCUT2D eigenvalue weighted by atomic mass is 16.4. The Labute approximate surface area is 80.3 Å². The Bertz CT molecular complexity index is 200. The molecule has 0 aromatic heterocycles. The molecule has 3 atom stereocenters. The monoisotopic (exact) mass is 184 g/mol. The fourth-order valence-electron chi connectivity index (χ4n) is 2.47. The van der Waals surface area contributed by atoms with E-state index in [1.54, 1.807) is 0 Å². The van der Waals surface area contributed by atoms with Gasteiger partial charge in [0.05, 0.1) is 6.42 Å². The zero-order chi connectivity index (χ0) is 10.1. The minimum absolute atomic E-state index is 0.0533. The Morgan fingerprint density at radius 3 is 2.54 bits per heavy atom. The summed E-state index contributed by atoms with van der Waals surface area (Å²) in [5.41, 5.74) is 0.0533. The quantitative estimate of drug-likeness (QED) is 0.716. The standard InChI is InChI=1S/C11H20O2/c1-8-4-5-11(3,6-9(8)2)7-10(12)13/h8-9H,4-7H2,1-3H3,(H,12,13)/t8-,9?,11+/m1/s1. The Morgan fingerprint density at radius 1 is 1.46 bits per heavy atom. The molecule has 1 fully saturated rings. The van der Waals surface area contributed by atoms with Crippen molar-refractivity contribution >= 4 is 5.97 Å². The van der Waals surface area contributed by atoms with Gasteiger partial charge in [-0.3, -0.25) is 4.79 Å². The van der Waals surface area contributed by atoms with Gasteiger partial charge in [0, 0.05) is 0 Å². The van der Waals surface area contributed by atoms with Crippen LogP contribution in [0.15, 0.2) is 0 Å². The summed E-state index contributed by atoms with van der Waals surface area (Å²) < 4.78 is 0. The van der Waals surface area contributed by atoms with E-state index in [4.69, 9.17) is 5.11 Å². The van der Waals surface area contributed by atoms with E-state index >= 15 is 0 Å². The van der Waals surface area contributed by atoms with Crippen molar-refractivity contribution in [2.75, 3.05) is 0 Å². The van der Waals surface area contributed by atoms with Gasteiger partial charge in [0.15, 0.2) is 0 Å². The van der Waals surface area contributed by atoms with Crippen LogP contribution in [0.5, 0.6) is 0 Å². The summed E-state index contributed by atoms with van der Waals surface area (Å²) in [4.78, 5) is 10.7. The summed E-state index contributed by atoms with van der Waals surface area (Å²) in [6, 6.07) is 0. The number of rotatable bonds is 2. The molecule has 0 heterocycles. The molecule has 0 amide bonds. The Hall–Kier alpha value is -0.530. The van der Waals surface area contributed by atoms with Gasteiger partial charge in [-0.05, 0) is 36.5 Å². The number of hydrogen-bond acceptors (Lipinski definition) is 1. The number of carbonyl (C=O) groups is 1. The number of carboxylic acids is 1. The van der Waals surface area contributed by atoms with Crippen molar-refractivity contribution in [2.45, 2.75) is 46.5 Å². The van der Waals surface area contributed by atoms with Crippen LogP contribution in [0.2, 0.25) is 0 Å². The van der Waals surface area contributed by atoms with Crippen molar-refractivity contribution in [3.63, 3.8) is 0 Å². The average Bonchev–Trinajstić information content (AvgIpc) is 1.96. The van der Waals surface area contributed by atoms with E-state index in [0.29, 0.717) is 12.3 Å². The lowest BCUT2D eigenvalue weighted by Gasteiger charge is -2.39. The van der Waals surface area contributed by atoms with Gasteiger partial charge in [-0.2, -0.15) is 0 Å². The van der Waals surface area contributed by atoms with E-state index in [9.17, 15) is 4.79 Å². The highest BCUT2D eigenvalue weighted by Crippen LogP contribution is 2.43. The molecule has 2 heteroatoms. The lowest BCUT2D eigenvalue weighted by Crippen LogP contribution is -2.31. The first-order chi connectivity index (χ1) is 5.93. The maximum atomic E-state index is 10.7. The summed E-state index contributed by atoms with van der Waals surface area (Å²) in [6.07, 6.45) is 3.67. The summed E-state index contributed by atoms with van der Waals surface area (Å²) in [5, 5.41) is 8.78. The van der Waals surface area contributed by atoms with Crippen LogP contribution < -0.4 is 0 Å². The van der Waals surface area contributed by atoms with Gasteiger partial charge in [-0.15, -0.1) is 0 Å². The van der Waals surface area contributed by atoms with E-state index in [1.807, 2.05) is 0 Å². The van der Waals surface area contributed by atoms with E-state index < -0.39 is 5.97 Å². The predicted octanol–water partition coefficient (Wildman–Crippen LogP) is 2.92. The van der Waals surface area contributed by atoms with Crippen LogP contribution in [0.3, 0.4) is 0 Å². The van der Waals surface area contributed by atoms with Crippen molar-refractivity contribution in [1.29, 1.82) is 0 Å². The third-order valence-electron chi connectivity index (χ3n) is 3.57. The van der Waals surface area contributed by atoms with Crippen molar-refractivity contribution < 1.29 is 9.90 Å². The molecule has 1 aliphatic rings. The summed E-state index contributed by atoms with van der Waals surface area (Å²) in [5.74, 6) is 0.796. The molecule has 1 N–H and O–H groups in total. The van der Waals surface area contributed by atoms with Crippen LogP contribution in [-0.2, 0) is 4.79 Å². The Morgan fingerprint density at radius 2 is 2.08 bits per heavy atom. The second-order valence-electron chi connectivity index (χ2n) is 5.08. The zero-order valence-corrected chi connectivity index (χ0v) is 8.84. The number of hydrogen-bond donors (Lipinski definition) is 1.